The van der Waals surface area contributed by atoms with Crippen LogP contribution in [0.1, 0.15) is 38.2 Å². The first-order chi connectivity index (χ1) is 14.8. The van der Waals surface area contributed by atoms with Gasteiger partial charge in [0.2, 0.25) is 5.95 Å². The number of nitrogens with zero attached hydrogens (tertiary/aromatic N) is 6. The number of carbonyl (C=O) groups excluding carboxylic acids is 1. The summed E-state index contributed by atoms with van der Waals surface area (Å²) in [7, 11) is 0. The number of rotatable bonds is 9. The molecular weight excluding hydrogens is 398 g/mol. The maximum absolute atomic E-state index is 13.0. The number of aryl methyl sites for hydroxylation is 1. The van der Waals surface area contributed by atoms with E-state index in [9.17, 15) is 14.9 Å². The van der Waals surface area contributed by atoms with Gasteiger partial charge in [-0.15, -0.1) is 0 Å². The van der Waals surface area contributed by atoms with Crippen molar-refractivity contribution in [3.05, 3.63) is 45.8 Å². The van der Waals surface area contributed by atoms with E-state index in [-0.39, 0.29) is 17.3 Å². The lowest BCUT2D eigenvalue weighted by Gasteiger charge is -2.20. The summed E-state index contributed by atoms with van der Waals surface area (Å²) in [5, 5.41) is 18.4. The summed E-state index contributed by atoms with van der Waals surface area (Å²) in [6, 6.07) is 7.01. The normalized spacial score (nSPS) is 12.5. The topological polar surface area (TPSA) is 111 Å². The maximum Gasteiger partial charge on any atom is 0.312 e. The summed E-state index contributed by atoms with van der Waals surface area (Å²) in [6.07, 6.45) is 0. The number of hydrogen-bond donors (Lipinski definition) is 1. The third-order valence-corrected chi connectivity index (χ3v) is 5.64. The van der Waals surface area contributed by atoms with Gasteiger partial charge in [-0.3, -0.25) is 24.9 Å². The summed E-state index contributed by atoms with van der Waals surface area (Å²) in [5.74, 6) is 0.126. The van der Waals surface area contributed by atoms with E-state index < -0.39 is 11.0 Å². The lowest BCUT2D eigenvalue weighted by molar-refractivity contribution is -0.386. The molecule has 0 aliphatic heterocycles. The second-order valence-corrected chi connectivity index (χ2v) is 7.49. The molecule has 166 valence electrons. The fraction of sp³-hybridized carbons (Fsp3) is 0.476. The van der Waals surface area contributed by atoms with E-state index in [1.807, 2.05) is 28.8 Å². The fourth-order valence-corrected chi connectivity index (χ4v) is 3.80. The van der Waals surface area contributed by atoms with Crippen LogP contribution in [0, 0.1) is 24.0 Å². The fourth-order valence-electron chi connectivity index (χ4n) is 3.80. The first kappa shape index (κ1) is 22.4. The highest BCUT2D eigenvalue weighted by Crippen LogP contribution is 2.26. The Bertz CT molecular complexity index is 1100. The summed E-state index contributed by atoms with van der Waals surface area (Å²) in [4.78, 5) is 30.8. The predicted molar refractivity (Wildman–Crippen MR) is 119 cm³/mol. The first-order valence-electron chi connectivity index (χ1n) is 10.5. The van der Waals surface area contributed by atoms with Crippen LogP contribution in [-0.4, -0.2) is 54.7 Å². The van der Waals surface area contributed by atoms with E-state index in [0.29, 0.717) is 18.2 Å². The zero-order valence-electron chi connectivity index (χ0n) is 18.6. The van der Waals surface area contributed by atoms with Crippen molar-refractivity contribution in [3.63, 3.8) is 0 Å². The van der Waals surface area contributed by atoms with Crippen molar-refractivity contribution < 1.29 is 9.72 Å². The minimum Gasteiger partial charge on any atom is -0.309 e. The molecule has 1 N–H and O–H groups in total. The Morgan fingerprint density at radius 2 is 1.94 bits per heavy atom. The molecule has 1 atom stereocenters. The molecule has 0 radical (unpaired) electrons. The Labute approximate surface area is 181 Å². The van der Waals surface area contributed by atoms with E-state index in [0.717, 1.165) is 30.7 Å². The number of benzene rings is 1. The molecule has 0 fully saturated rings. The number of carbonyl (C=O) groups is 1. The van der Waals surface area contributed by atoms with E-state index in [4.69, 9.17) is 0 Å². The number of hydrogen-bond acceptors (Lipinski definition) is 6. The molecule has 0 aliphatic carbocycles. The molecule has 0 aliphatic rings. The Balaban J connectivity index is 1.89. The molecule has 3 aromatic rings. The Morgan fingerprint density at radius 1 is 1.26 bits per heavy atom. The van der Waals surface area contributed by atoms with Gasteiger partial charge in [-0.2, -0.15) is 5.10 Å². The lowest BCUT2D eigenvalue weighted by atomic mass is 10.3. The SMILES string of the molecule is CCN(CC)CCn1c(NC(=O)C(C)n2nc(C)c([N+](=O)[O-])c2C)nc2ccccc21. The van der Waals surface area contributed by atoms with Gasteiger partial charge >= 0.3 is 5.69 Å². The predicted octanol–water partition coefficient (Wildman–Crippen LogP) is 3.30. The third-order valence-electron chi connectivity index (χ3n) is 5.64. The summed E-state index contributed by atoms with van der Waals surface area (Å²) in [6.45, 7) is 12.5. The van der Waals surface area contributed by atoms with Crippen LogP contribution in [0.4, 0.5) is 11.6 Å². The van der Waals surface area contributed by atoms with Crippen molar-refractivity contribution in [1.29, 1.82) is 0 Å². The van der Waals surface area contributed by atoms with Crippen LogP contribution in [0.5, 0.6) is 0 Å². The smallest absolute Gasteiger partial charge is 0.309 e. The second kappa shape index (κ2) is 9.25. The number of anilines is 1. The molecule has 0 saturated heterocycles. The van der Waals surface area contributed by atoms with Crippen molar-refractivity contribution in [2.24, 2.45) is 0 Å². The second-order valence-electron chi connectivity index (χ2n) is 7.49. The van der Waals surface area contributed by atoms with E-state index in [1.54, 1.807) is 20.8 Å². The maximum atomic E-state index is 13.0. The quantitative estimate of drug-likeness (QED) is 0.414. The van der Waals surface area contributed by atoms with Gasteiger partial charge in [-0.25, -0.2) is 4.98 Å². The molecule has 31 heavy (non-hydrogen) atoms. The van der Waals surface area contributed by atoms with Crippen molar-refractivity contribution in [3.8, 4) is 0 Å². The highest BCUT2D eigenvalue weighted by molar-refractivity contribution is 5.94. The van der Waals surface area contributed by atoms with Gasteiger partial charge in [0.05, 0.1) is 16.0 Å². The molecule has 2 heterocycles. The standard InChI is InChI=1S/C21H29N7O3/c1-6-25(7-2)12-13-26-18-11-9-8-10-17(18)22-21(26)23-20(29)16(5)27-15(4)19(28(30)31)14(3)24-27/h8-11,16H,6-7,12-13H2,1-5H3,(H,22,23,29). The molecule has 1 amide bonds. The molecule has 10 nitrogen and oxygen atoms in total. The molecule has 0 spiro atoms. The van der Waals surface area contributed by atoms with E-state index in [1.165, 1.54) is 4.68 Å². The van der Waals surface area contributed by atoms with Gasteiger partial charge in [0.25, 0.3) is 5.91 Å². The van der Waals surface area contributed by atoms with Crippen LogP contribution in [0.3, 0.4) is 0 Å². The molecule has 0 saturated carbocycles. The van der Waals surface area contributed by atoms with Crippen LogP contribution < -0.4 is 5.32 Å². The minimum atomic E-state index is -0.733. The third kappa shape index (κ3) is 4.43. The average Bonchev–Trinajstić information content (AvgIpc) is 3.24. The monoisotopic (exact) mass is 427 g/mol. The number of imidazole rings is 1. The number of aromatic nitrogens is 4. The van der Waals surface area contributed by atoms with Crippen molar-refractivity contribution >= 4 is 28.6 Å². The van der Waals surface area contributed by atoms with Gasteiger partial charge < -0.3 is 9.47 Å². The highest BCUT2D eigenvalue weighted by Gasteiger charge is 2.28. The van der Waals surface area contributed by atoms with Crippen molar-refractivity contribution in [1.82, 2.24) is 24.2 Å². The van der Waals surface area contributed by atoms with Crippen molar-refractivity contribution in [2.75, 3.05) is 25.0 Å². The molecule has 0 bridgehead atoms. The van der Waals surface area contributed by atoms with Gasteiger partial charge in [-0.1, -0.05) is 26.0 Å². The number of fused-ring (bicyclic) bond motifs is 1. The van der Waals surface area contributed by atoms with Gasteiger partial charge in [-0.05, 0) is 46.0 Å². The summed E-state index contributed by atoms with van der Waals surface area (Å²) in [5.41, 5.74) is 2.31. The minimum absolute atomic E-state index is 0.0638. The van der Waals surface area contributed by atoms with Crippen LogP contribution >= 0.6 is 0 Å². The van der Waals surface area contributed by atoms with Gasteiger partial charge in [0.15, 0.2) is 0 Å². The first-order valence-corrected chi connectivity index (χ1v) is 10.5. The number of likely N-dealkylation sites (N-methyl/N-ethyl adjacent to an activating group) is 1. The van der Waals surface area contributed by atoms with E-state index in [2.05, 4.69) is 34.1 Å². The summed E-state index contributed by atoms with van der Waals surface area (Å²) >= 11 is 0. The van der Waals surface area contributed by atoms with Crippen molar-refractivity contribution in [2.45, 2.75) is 47.2 Å². The number of nitro groups is 1. The summed E-state index contributed by atoms with van der Waals surface area (Å²) < 4.78 is 3.40. The van der Waals surface area contributed by atoms with Crippen LogP contribution in [-0.2, 0) is 11.3 Å². The van der Waals surface area contributed by atoms with Gasteiger partial charge in [0.1, 0.15) is 17.4 Å². The molecule has 1 aromatic carbocycles. The lowest BCUT2D eigenvalue weighted by Crippen LogP contribution is -2.29. The van der Waals surface area contributed by atoms with Gasteiger partial charge in [0, 0.05) is 13.1 Å². The highest BCUT2D eigenvalue weighted by atomic mass is 16.6. The molecule has 1 unspecified atom stereocenters. The molecule has 10 heteroatoms. The number of amides is 1. The largest absolute Gasteiger partial charge is 0.312 e. The molecule has 2 aromatic heterocycles. The Morgan fingerprint density at radius 3 is 2.55 bits per heavy atom. The average molecular weight is 428 g/mol. The number of nitrogens with one attached hydrogen (secondary N) is 1. The Kier molecular flexibility index (Phi) is 6.69. The number of para-hydroxylation sites is 2. The van der Waals surface area contributed by atoms with E-state index >= 15 is 0 Å². The molecular formula is C21H29N7O3. The van der Waals surface area contributed by atoms with Crippen LogP contribution in [0.15, 0.2) is 24.3 Å². The molecule has 3 rings (SSSR count). The Hall–Kier alpha value is -3.27. The zero-order valence-corrected chi connectivity index (χ0v) is 18.6. The van der Waals surface area contributed by atoms with Crippen LogP contribution in [0.25, 0.3) is 11.0 Å². The zero-order chi connectivity index (χ0) is 22.7. The van der Waals surface area contributed by atoms with Crippen LogP contribution in [0.2, 0.25) is 0 Å².